The molecule has 0 saturated heterocycles. The van der Waals surface area contributed by atoms with E-state index in [1.807, 2.05) is 19.2 Å². The van der Waals surface area contributed by atoms with Crippen LogP contribution in [-0.4, -0.2) is 27.3 Å². The summed E-state index contributed by atoms with van der Waals surface area (Å²) >= 11 is 1.03. The van der Waals surface area contributed by atoms with E-state index in [0.717, 1.165) is 33.7 Å². The first-order valence-corrected chi connectivity index (χ1v) is 12.3. The molecule has 0 fully saturated rings. The van der Waals surface area contributed by atoms with Gasteiger partial charge in [0.25, 0.3) is 5.91 Å². The Morgan fingerprint density at radius 2 is 1.93 bits per heavy atom. The normalized spacial score (nSPS) is 14.1. The van der Waals surface area contributed by atoms with Gasteiger partial charge in [-0.1, -0.05) is 33.8 Å². The van der Waals surface area contributed by atoms with Gasteiger partial charge in [0.1, 0.15) is 5.60 Å². The molecule has 0 radical (unpaired) electrons. The maximum Gasteiger partial charge on any atom is 0.259 e. The molecule has 2 rings (SSSR count). The molecule has 1 aromatic heterocycles. The number of carbonyl (C=O) groups excluding carboxylic acids is 1. The number of carbonyl (C=O) groups is 1. The molecular weight excluding hydrogens is 420 g/mol. The lowest BCUT2D eigenvalue weighted by atomic mass is 9.85. The van der Waals surface area contributed by atoms with Crippen LogP contribution in [0.1, 0.15) is 75.8 Å². The van der Waals surface area contributed by atoms with Gasteiger partial charge in [0.2, 0.25) is 4.34 Å². The van der Waals surface area contributed by atoms with Crippen LogP contribution < -0.4 is 10.5 Å². The summed E-state index contributed by atoms with van der Waals surface area (Å²) in [7, 11) is -1.65. The summed E-state index contributed by atoms with van der Waals surface area (Å²) in [5.41, 5.74) is 3.11. The van der Waals surface area contributed by atoms with E-state index in [1.165, 1.54) is 0 Å². The van der Waals surface area contributed by atoms with E-state index in [0.29, 0.717) is 5.69 Å². The van der Waals surface area contributed by atoms with Gasteiger partial charge >= 0.3 is 0 Å². The Balaban J connectivity index is 2.49. The highest BCUT2D eigenvalue weighted by Gasteiger charge is 2.24. The predicted molar refractivity (Wildman–Crippen MR) is 123 cm³/mol. The second-order valence-corrected chi connectivity index (χ2v) is 11.3. The van der Waals surface area contributed by atoms with Gasteiger partial charge in [-0.15, -0.1) is 15.7 Å². The number of aliphatic hydroxyl groups is 1. The van der Waals surface area contributed by atoms with Gasteiger partial charge < -0.3 is 10.4 Å². The van der Waals surface area contributed by atoms with Crippen molar-refractivity contribution in [1.82, 2.24) is 4.98 Å². The number of hydrogen-bond donors (Lipinski definition) is 3. The van der Waals surface area contributed by atoms with Crippen LogP contribution >= 0.6 is 11.3 Å². The van der Waals surface area contributed by atoms with Gasteiger partial charge in [-0.3, -0.25) is 4.79 Å². The summed E-state index contributed by atoms with van der Waals surface area (Å²) in [6, 6.07) is 4.04. The highest BCUT2D eigenvalue weighted by Crippen LogP contribution is 2.34. The molecule has 7 nitrogen and oxygen atoms in total. The molecule has 0 spiro atoms. The average Bonchev–Trinajstić information content (AvgIpc) is 3.11. The van der Waals surface area contributed by atoms with Gasteiger partial charge in [-0.05, 0) is 48.4 Å². The van der Waals surface area contributed by atoms with Gasteiger partial charge in [-0.2, -0.15) is 0 Å². The van der Waals surface area contributed by atoms with Gasteiger partial charge in [0.05, 0.1) is 12.1 Å². The first kappa shape index (κ1) is 24.5. The van der Waals surface area contributed by atoms with Crippen molar-refractivity contribution < 1.29 is 14.1 Å². The number of thiazole rings is 1. The summed E-state index contributed by atoms with van der Waals surface area (Å²) in [5.74, 6) is -0.157. The first-order valence-electron chi connectivity index (χ1n) is 9.87. The molecule has 1 heterocycles. The number of benzene rings is 1. The summed E-state index contributed by atoms with van der Waals surface area (Å²) in [4.78, 5) is 17.0. The monoisotopic (exact) mass is 452 g/mol. The third-order valence-corrected chi connectivity index (χ3v) is 7.49. The van der Waals surface area contributed by atoms with Crippen LogP contribution in [0.2, 0.25) is 0 Å². The topological polar surface area (TPSA) is 118 Å². The number of rotatable bonds is 7. The Morgan fingerprint density at radius 1 is 1.30 bits per heavy atom. The predicted octanol–water partition coefficient (Wildman–Crippen LogP) is 4.13. The second kappa shape index (κ2) is 9.13. The average molecular weight is 453 g/mol. The van der Waals surface area contributed by atoms with Crippen LogP contribution in [0.5, 0.6) is 0 Å². The molecule has 0 aliphatic rings. The van der Waals surface area contributed by atoms with E-state index in [4.69, 9.17) is 5.14 Å². The minimum atomic E-state index is -3.49. The summed E-state index contributed by atoms with van der Waals surface area (Å²) in [5, 5.41) is 20.7. The fourth-order valence-electron chi connectivity index (χ4n) is 3.34. The number of amides is 1. The standard InChI is InChI=1S/C21H32N4O3S2/c1-12(2)14-8-9-16(23-7)19(13(3)4)15(14)10-18(26)25-30(22,28)20-24-17(11-29-20)21(5,6)27/h8-9,11-13,23,27H,10H2,1-7H3,(H2,22,25,26,28). The molecule has 9 heteroatoms. The molecule has 166 valence electrons. The van der Waals surface area contributed by atoms with Crippen LogP contribution in [0.25, 0.3) is 0 Å². The van der Waals surface area contributed by atoms with E-state index in [9.17, 15) is 14.1 Å². The fourth-order valence-corrected chi connectivity index (χ4v) is 5.53. The van der Waals surface area contributed by atoms with E-state index in [1.54, 1.807) is 19.2 Å². The van der Waals surface area contributed by atoms with Gasteiger partial charge in [-0.25, -0.2) is 14.3 Å². The maximum absolute atomic E-state index is 12.9. The Hall–Kier alpha value is -1.81. The zero-order valence-electron chi connectivity index (χ0n) is 18.6. The van der Waals surface area contributed by atoms with Crippen molar-refractivity contribution in [2.75, 3.05) is 12.4 Å². The molecule has 2 aromatic rings. The van der Waals surface area contributed by atoms with Crippen molar-refractivity contribution in [3.05, 3.63) is 39.9 Å². The van der Waals surface area contributed by atoms with Crippen LogP contribution in [0.3, 0.4) is 0 Å². The first-order chi connectivity index (χ1) is 13.8. The zero-order valence-corrected chi connectivity index (χ0v) is 20.3. The van der Waals surface area contributed by atoms with E-state index in [-0.39, 0.29) is 22.6 Å². The van der Waals surface area contributed by atoms with Crippen LogP contribution in [-0.2, 0) is 26.7 Å². The minimum Gasteiger partial charge on any atom is -0.388 e. The maximum atomic E-state index is 12.9. The lowest BCUT2D eigenvalue weighted by Gasteiger charge is -2.22. The third-order valence-electron chi connectivity index (χ3n) is 4.79. The Morgan fingerprint density at radius 3 is 2.40 bits per heavy atom. The van der Waals surface area contributed by atoms with E-state index < -0.39 is 21.4 Å². The number of nitrogens with two attached hydrogens (primary N) is 1. The number of nitrogens with zero attached hydrogens (tertiary/aromatic N) is 2. The second-order valence-electron chi connectivity index (χ2n) is 8.44. The Kier molecular flexibility index (Phi) is 7.45. The number of nitrogens with one attached hydrogen (secondary N) is 1. The SMILES string of the molecule is CNc1ccc(C(C)C)c(CC(=O)N=S(N)(=O)c2nc(C(C)(C)O)cs2)c1C(C)C. The number of hydrogen-bond acceptors (Lipinski definition) is 6. The molecule has 0 saturated carbocycles. The van der Waals surface area contributed by atoms with E-state index in [2.05, 4.69) is 42.4 Å². The summed E-state index contributed by atoms with van der Waals surface area (Å²) in [6.45, 7) is 11.4. The van der Waals surface area contributed by atoms with Gasteiger partial charge in [0, 0.05) is 18.1 Å². The zero-order chi connectivity index (χ0) is 22.9. The Labute approximate surface area is 183 Å². The largest absolute Gasteiger partial charge is 0.388 e. The molecule has 1 unspecified atom stereocenters. The van der Waals surface area contributed by atoms with Crippen molar-refractivity contribution in [3.63, 3.8) is 0 Å². The van der Waals surface area contributed by atoms with Crippen molar-refractivity contribution in [2.45, 2.75) is 69.7 Å². The molecular formula is C21H32N4O3S2. The molecule has 1 atom stereocenters. The minimum absolute atomic E-state index is 0.00839. The van der Waals surface area contributed by atoms with Crippen LogP contribution in [0, 0.1) is 0 Å². The number of anilines is 1. The molecule has 0 aliphatic heterocycles. The molecule has 0 bridgehead atoms. The lowest BCUT2D eigenvalue weighted by molar-refractivity contribution is -0.117. The third kappa shape index (κ3) is 5.46. The highest BCUT2D eigenvalue weighted by molar-refractivity contribution is 7.93. The quantitative estimate of drug-likeness (QED) is 0.584. The van der Waals surface area contributed by atoms with E-state index >= 15 is 0 Å². The smallest absolute Gasteiger partial charge is 0.259 e. The van der Waals surface area contributed by atoms with Crippen molar-refractivity contribution in [1.29, 1.82) is 0 Å². The lowest BCUT2D eigenvalue weighted by Crippen LogP contribution is -2.19. The molecule has 1 aromatic carbocycles. The van der Waals surface area contributed by atoms with Crippen molar-refractivity contribution in [3.8, 4) is 0 Å². The van der Waals surface area contributed by atoms with Crippen LogP contribution in [0.4, 0.5) is 5.69 Å². The highest BCUT2D eigenvalue weighted by atomic mass is 32.2. The molecule has 30 heavy (non-hydrogen) atoms. The molecule has 0 aliphatic carbocycles. The number of aromatic nitrogens is 1. The summed E-state index contributed by atoms with van der Waals surface area (Å²) < 4.78 is 16.8. The summed E-state index contributed by atoms with van der Waals surface area (Å²) in [6.07, 6.45) is 0.00839. The molecule has 4 N–H and O–H groups in total. The van der Waals surface area contributed by atoms with Crippen molar-refractivity contribution >= 4 is 32.8 Å². The Bertz CT molecular complexity index is 1040. The van der Waals surface area contributed by atoms with Crippen LogP contribution in [0.15, 0.2) is 26.2 Å². The molecule has 1 amide bonds. The van der Waals surface area contributed by atoms with Gasteiger partial charge in [0.15, 0.2) is 9.92 Å². The van der Waals surface area contributed by atoms with Crippen molar-refractivity contribution in [2.24, 2.45) is 9.50 Å². The fraction of sp³-hybridized carbons (Fsp3) is 0.524.